The molecule has 0 amide bonds. The lowest BCUT2D eigenvalue weighted by Gasteiger charge is -2.11. The van der Waals surface area contributed by atoms with Crippen LogP contribution in [-0.4, -0.2) is 9.97 Å². The summed E-state index contributed by atoms with van der Waals surface area (Å²) in [4.78, 5) is 18.6. The Balaban J connectivity index is 2.34. The van der Waals surface area contributed by atoms with Gasteiger partial charge in [0.05, 0.1) is 11.7 Å². The quantitative estimate of drug-likeness (QED) is 0.784. The first-order chi connectivity index (χ1) is 7.08. The number of nitrogens with zero attached hydrogens (tertiary/aromatic N) is 1. The summed E-state index contributed by atoms with van der Waals surface area (Å²) in [5.41, 5.74) is 6.73. The highest BCUT2D eigenvalue weighted by Crippen LogP contribution is 2.38. The lowest BCUT2D eigenvalue weighted by Crippen LogP contribution is -2.22. The molecule has 0 bridgehead atoms. The van der Waals surface area contributed by atoms with Crippen molar-refractivity contribution >= 4 is 0 Å². The number of rotatable bonds is 3. The van der Waals surface area contributed by atoms with Gasteiger partial charge in [0.15, 0.2) is 0 Å². The molecule has 1 aromatic rings. The molecule has 1 heterocycles. The van der Waals surface area contributed by atoms with E-state index in [1.807, 2.05) is 13.8 Å². The molecule has 0 radical (unpaired) electrons. The lowest BCUT2D eigenvalue weighted by molar-refractivity contribution is 0.582. The van der Waals surface area contributed by atoms with Crippen molar-refractivity contribution in [3.05, 3.63) is 27.9 Å². The molecule has 4 nitrogen and oxygen atoms in total. The molecule has 0 aromatic carbocycles. The van der Waals surface area contributed by atoms with Gasteiger partial charge in [0.2, 0.25) is 0 Å². The predicted octanol–water partition coefficient (Wildman–Crippen LogP) is 1.30. The molecule has 0 spiro atoms. The molecular formula is C11H17N3O. The summed E-state index contributed by atoms with van der Waals surface area (Å²) in [6.45, 7) is 4.04. The summed E-state index contributed by atoms with van der Waals surface area (Å²) >= 11 is 0. The molecule has 1 atom stereocenters. The minimum absolute atomic E-state index is 0.0974. The smallest absolute Gasteiger partial charge is 0.251 e. The highest BCUT2D eigenvalue weighted by atomic mass is 16.1. The van der Waals surface area contributed by atoms with E-state index in [-0.39, 0.29) is 17.5 Å². The van der Waals surface area contributed by atoms with Crippen molar-refractivity contribution in [2.75, 3.05) is 0 Å². The fourth-order valence-corrected chi connectivity index (χ4v) is 1.63. The normalized spacial score (nSPS) is 18.1. The zero-order valence-electron chi connectivity index (χ0n) is 9.16. The van der Waals surface area contributed by atoms with Gasteiger partial charge in [0.25, 0.3) is 5.56 Å². The summed E-state index contributed by atoms with van der Waals surface area (Å²) in [6.07, 6.45) is 2.30. The van der Waals surface area contributed by atoms with Gasteiger partial charge in [-0.2, -0.15) is 0 Å². The molecule has 1 aromatic heterocycles. The molecule has 1 saturated carbocycles. The third-order valence-electron chi connectivity index (χ3n) is 2.82. The van der Waals surface area contributed by atoms with E-state index in [1.165, 1.54) is 0 Å². The average molecular weight is 207 g/mol. The van der Waals surface area contributed by atoms with Crippen molar-refractivity contribution < 1.29 is 0 Å². The molecule has 2 rings (SSSR count). The van der Waals surface area contributed by atoms with Crippen molar-refractivity contribution in [3.8, 4) is 0 Å². The van der Waals surface area contributed by atoms with Crippen LogP contribution in [0.5, 0.6) is 0 Å². The Morgan fingerprint density at radius 3 is 2.73 bits per heavy atom. The zero-order chi connectivity index (χ0) is 11.0. The van der Waals surface area contributed by atoms with Crippen LogP contribution in [-0.2, 0) is 0 Å². The molecule has 1 aliphatic rings. The van der Waals surface area contributed by atoms with Gasteiger partial charge in [0, 0.05) is 6.07 Å². The standard InChI is InChI=1S/C11H17N3O/c1-6(2)8-5-9(15)14-11(13-8)10(12)7-3-4-7/h5-7,10H,3-4,12H2,1-2H3,(H,13,14,15). The SMILES string of the molecule is CC(C)c1cc(=O)[nH]c(C(N)C2CC2)n1. The number of aromatic amines is 1. The van der Waals surface area contributed by atoms with E-state index in [1.54, 1.807) is 6.07 Å². The highest BCUT2D eigenvalue weighted by molar-refractivity contribution is 5.10. The Labute approximate surface area is 88.9 Å². The minimum Gasteiger partial charge on any atom is -0.321 e. The summed E-state index contributed by atoms with van der Waals surface area (Å²) in [5.74, 6) is 1.42. The van der Waals surface area contributed by atoms with Crippen LogP contribution in [0.2, 0.25) is 0 Å². The van der Waals surface area contributed by atoms with Crippen LogP contribution in [0.4, 0.5) is 0 Å². The van der Waals surface area contributed by atoms with Crippen molar-refractivity contribution in [3.63, 3.8) is 0 Å². The van der Waals surface area contributed by atoms with Crippen LogP contribution < -0.4 is 11.3 Å². The van der Waals surface area contributed by atoms with E-state index in [0.717, 1.165) is 18.5 Å². The average Bonchev–Trinajstić information content (AvgIpc) is 2.98. The Bertz CT molecular complexity index is 407. The maximum atomic E-state index is 11.4. The van der Waals surface area contributed by atoms with E-state index in [0.29, 0.717) is 11.7 Å². The Morgan fingerprint density at radius 2 is 2.20 bits per heavy atom. The van der Waals surface area contributed by atoms with Crippen molar-refractivity contribution in [2.24, 2.45) is 11.7 Å². The van der Waals surface area contributed by atoms with Crippen LogP contribution >= 0.6 is 0 Å². The second kappa shape index (κ2) is 3.77. The van der Waals surface area contributed by atoms with Gasteiger partial charge in [-0.25, -0.2) is 4.98 Å². The van der Waals surface area contributed by atoms with Gasteiger partial charge >= 0.3 is 0 Å². The Kier molecular flexibility index (Phi) is 2.61. The van der Waals surface area contributed by atoms with E-state index in [4.69, 9.17) is 5.73 Å². The Morgan fingerprint density at radius 1 is 1.53 bits per heavy atom. The largest absolute Gasteiger partial charge is 0.321 e. The number of nitrogens with one attached hydrogen (secondary N) is 1. The fraction of sp³-hybridized carbons (Fsp3) is 0.636. The van der Waals surface area contributed by atoms with Gasteiger partial charge < -0.3 is 10.7 Å². The number of hydrogen-bond acceptors (Lipinski definition) is 3. The van der Waals surface area contributed by atoms with Crippen LogP contribution in [0.1, 0.15) is 50.2 Å². The van der Waals surface area contributed by atoms with Gasteiger partial charge in [-0.1, -0.05) is 13.8 Å². The Hall–Kier alpha value is -1.16. The summed E-state index contributed by atoms with van der Waals surface area (Å²) in [5, 5.41) is 0. The van der Waals surface area contributed by atoms with Gasteiger partial charge in [0.1, 0.15) is 5.82 Å². The van der Waals surface area contributed by atoms with Crippen molar-refractivity contribution in [1.29, 1.82) is 0 Å². The second-order valence-electron chi connectivity index (χ2n) is 4.57. The molecular weight excluding hydrogens is 190 g/mol. The maximum absolute atomic E-state index is 11.4. The number of aromatic nitrogens is 2. The zero-order valence-corrected chi connectivity index (χ0v) is 9.16. The summed E-state index contributed by atoms with van der Waals surface area (Å²) in [7, 11) is 0. The molecule has 1 aliphatic carbocycles. The third kappa shape index (κ3) is 2.26. The molecule has 1 unspecified atom stereocenters. The van der Waals surface area contributed by atoms with Crippen molar-refractivity contribution in [1.82, 2.24) is 9.97 Å². The first-order valence-electron chi connectivity index (χ1n) is 5.44. The van der Waals surface area contributed by atoms with E-state index in [9.17, 15) is 4.79 Å². The van der Waals surface area contributed by atoms with Gasteiger partial charge in [-0.05, 0) is 24.7 Å². The van der Waals surface area contributed by atoms with Gasteiger partial charge in [-0.3, -0.25) is 4.79 Å². The molecule has 82 valence electrons. The fourth-order valence-electron chi connectivity index (χ4n) is 1.63. The second-order valence-corrected chi connectivity index (χ2v) is 4.57. The minimum atomic E-state index is -0.101. The van der Waals surface area contributed by atoms with Gasteiger partial charge in [-0.15, -0.1) is 0 Å². The predicted molar refractivity (Wildman–Crippen MR) is 58.6 cm³/mol. The maximum Gasteiger partial charge on any atom is 0.251 e. The van der Waals surface area contributed by atoms with Crippen molar-refractivity contribution in [2.45, 2.75) is 38.6 Å². The van der Waals surface area contributed by atoms with E-state index < -0.39 is 0 Å². The van der Waals surface area contributed by atoms with Crippen LogP contribution in [0, 0.1) is 5.92 Å². The first-order valence-corrected chi connectivity index (χ1v) is 5.44. The summed E-state index contributed by atoms with van der Waals surface area (Å²) in [6, 6.07) is 1.45. The first kappa shape index (κ1) is 10.4. The van der Waals surface area contributed by atoms with E-state index in [2.05, 4.69) is 9.97 Å². The van der Waals surface area contributed by atoms with E-state index >= 15 is 0 Å². The number of hydrogen-bond donors (Lipinski definition) is 2. The highest BCUT2D eigenvalue weighted by Gasteiger charge is 2.31. The van der Waals surface area contributed by atoms with Crippen LogP contribution in [0.15, 0.2) is 10.9 Å². The molecule has 0 aliphatic heterocycles. The number of nitrogens with two attached hydrogens (primary N) is 1. The monoisotopic (exact) mass is 207 g/mol. The van der Waals surface area contributed by atoms with Crippen LogP contribution in [0.3, 0.4) is 0 Å². The molecule has 3 N–H and O–H groups in total. The molecule has 4 heteroatoms. The lowest BCUT2D eigenvalue weighted by atomic mass is 10.1. The third-order valence-corrected chi connectivity index (χ3v) is 2.82. The van der Waals surface area contributed by atoms with Crippen LogP contribution in [0.25, 0.3) is 0 Å². The molecule has 0 saturated heterocycles. The molecule has 15 heavy (non-hydrogen) atoms. The summed E-state index contributed by atoms with van der Waals surface area (Å²) < 4.78 is 0. The molecule has 1 fully saturated rings. The number of H-pyrrole nitrogens is 1. The topological polar surface area (TPSA) is 71.8 Å².